The van der Waals surface area contributed by atoms with Gasteiger partial charge in [0.25, 0.3) is 5.56 Å². The highest BCUT2D eigenvalue weighted by Crippen LogP contribution is 2.13. The number of allylic oxidation sites excluding steroid dienone is 1. The van der Waals surface area contributed by atoms with Gasteiger partial charge in [0.15, 0.2) is 0 Å². The molecule has 1 aromatic heterocycles. The van der Waals surface area contributed by atoms with Gasteiger partial charge in [-0.05, 0) is 18.6 Å². The second kappa shape index (κ2) is 3.22. The Morgan fingerprint density at radius 3 is 2.75 bits per heavy atom. The molecule has 2 nitrogen and oxygen atoms in total. The predicted octanol–water partition coefficient (Wildman–Crippen LogP) is 2.05. The number of H-pyrrole nitrogens is 1. The number of hydrogen-bond donors (Lipinski definition) is 1. The van der Waals surface area contributed by atoms with Crippen LogP contribution in [0.1, 0.15) is 18.1 Å². The number of nitrogens with one attached hydrogen (secondary N) is 1. The maximum Gasteiger partial charge on any atom is 0.255 e. The van der Waals surface area contributed by atoms with Crippen molar-refractivity contribution in [3.8, 4) is 0 Å². The Kier molecular flexibility index (Phi) is 2.29. The van der Waals surface area contributed by atoms with Crippen LogP contribution in [0.3, 0.4) is 0 Å². The summed E-state index contributed by atoms with van der Waals surface area (Å²) in [6.45, 7) is 9.21. The van der Waals surface area contributed by atoms with Crippen molar-refractivity contribution in [2.45, 2.75) is 6.92 Å². The van der Waals surface area contributed by atoms with E-state index in [2.05, 4.69) is 18.1 Å². The van der Waals surface area contributed by atoms with Gasteiger partial charge in [-0.2, -0.15) is 0 Å². The fraction of sp³-hybridized carbons (Fsp3) is 0.100. The second-order valence-electron chi connectivity index (χ2n) is 2.62. The minimum Gasteiger partial charge on any atom is -0.329 e. The van der Waals surface area contributed by atoms with Crippen LogP contribution in [0.2, 0.25) is 0 Å². The van der Waals surface area contributed by atoms with Crippen molar-refractivity contribution < 1.29 is 0 Å². The number of aromatic amines is 1. The number of rotatable bonds is 2. The summed E-state index contributed by atoms with van der Waals surface area (Å²) in [5.74, 6) is 0. The average Bonchev–Trinajstić information content (AvgIpc) is 2.03. The highest BCUT2D eigenvalue weighted by Gasteiger charge is 2.02. The van der Waals surface area contributed by atoms with Crippen LogP contribution in [-0.4, -0.2) is 4.98 Å². The Morgan fingerprint density at radius 1 is 1.67 bits per heavy atom. The lowest BCUT2D eigenvalue weighted by molar-refractivity contribution is 1.21. The van der Waals surface area contributed by atoms with Crippen LogP contribution in [-0.2, 0) is 0 Å². The smallest absolute Gasteiger partial charge is 0.255 e. The van der Waals surface area contributed by atoms with E-state index in [1.807, 2.05) is 13.0 Å². The predicted molar refractivity (Wildman–Crippen MR) is 51.9 cm³/mol. The summed E-state index contributed by atoms with van der Waals surface area (Å²) in [6.07, 6.45) is 3.15. The molecular formula is C10H11NO. The Balaban J connectivity index is 3.48. The fourth-order valence-electron chi connectivity index (χ4n) is 1.07. The monoisotopic (exact) mass is 161 g/mol. The number of hydrogen-bond acceptors (Lipinski definition) is 1. The van der Waals surface area contributed by atoms with Gasteiger partial charge in [-0.15, -0.1) is 0 Å². The molecule has 0 aliphatic carbocycles. The molecule has 62 valence electrons. The lowest BCUT2D eigenvalue weighted by atomic mass is 10.0. The first-order chi connectivity index (χ1) is 5.66. The third kappa shape index (κ3) is 1.37. The topological polar surface area (TPSA) is 32.9 Å². The number of aromatic nitrogens is 1. The van der Waals surface area contributed by atoms with Gasteiger partial charge in [0.1, 0.15) is 0 Å². The molecule has 0 saturated carbocycles. The van der Waals surface area contributed by atoms with E-state index in [0.29, 0.717) is 5.56 Å². The van der Waals surface area contributed by atoms with E-state index in [0.717, 1.165) is 11.1 Å². The van der Waals surface area contributed by atoms with Crippen molar-refractivity contribution in [1.29, 1.82) is 0 Å². The van der Waals surface area contributed by atoms with Gasteiger partial charge in [0.2, 0.25) is 0 Å². The zero-order chi connectivity index (χ0) is 9.14. The molecule has 2 heteroatoms. The first-order valence-corrected chi connectivity index (χ1v) is 3.67. The van der Waals surface area contributed by atoms with Crippen molar-refractivity contribution in [2.24, 2.45) is 0 Å². The van der Waals surface area contributed by atoms with E-state index in [-0.39, 0.29) is 5.56 Å². The Bertz CT molecular complexity index is 374. The SMILES string of the molecule is C=Cc1c(C(=C)C)cc[nH]c1=O. The largest absolute Gasteiger partial charge is 0.329 e. The van der Waals surface area contributed by atoms with Gasteiger partial charge in [0, 0.05) is 11.8 Å². The maximum atomic E-state index is 11.2. The van der Waals surface area contributed by atoms with E-state index in [1.165, 1.54) is 0 Å². The quantitative estimate of drug-likeness (QED) is 0.707. The van der Waals surface area contributed by atoms with Crippen molar-refractivity contribution in [3.05, 3.63) is 46.9 Å². The lowest BCUT2D eigenvalue weighted by Gasteiger charge is -2.02. The molecule has 0 aliphatic heterocycles. The van der Waals surface area contributed by atoms with Gasteiger partial charge in [-0.1, -0.05) is 24.8 Å². The van der Waals surface area contributed by atoms with Crippen LogP contribution in [0.4, 0.5) is 0 Å². The number of pyridine rings is 1. The first-order valence-electron chi connectivity index (χ1n) is 3.67. The first kappa shape index (κ1) is 8.53. The Morgan fingerprint density at radius 2 is 2.33 bits per heavy atom. The lowest BCUT2D eigenvalue weighted by Crippen LogP contribution is -2.10. The molecule has 1 aromatic rings. The summed E-state index contributed by atoms with van der Waals surface area (Å²) < 4.78 is 0. The van der Waals surface area contributed by atoms with Crippen LogP contribution < -0.4 is 5.56 Å². The summed E-state index contributed by atoms with van der Waals surface area (Å²) in [4.78, 5) is 13.8. The van der Waals surface area contributed by atoms with Gasteiger partial charge in [-0.3, -0.25) is 4.79 Å². The minimum atomic E-state index is -0.120. The molecule has 0 aromatic carbocycles. The van der Waals surface area contributed by atoms with Crippen LogP contribution in [0.25, 0.3) is 11.6 Å². The summed E-state index contributed by atoms with van der Waals surface area (Å²) in [6, 6.07) is 1.82. The van der Waals surface area contributed by atoms with Crippen molar-refractivity contribution in [1.82, 2.24) is 4.98 Å². The Hall–Kier alpha value is -1.57. The second-order valence-corrected chi connectivity index (χ2v) is 2.62. The molecule has 0 fully saturated rings. The normalized spacial score (nSPS) is 9.42. The highest BCUT2D eigenvalue weighted by atomic mass is 16.1. The minimum absolute atomic E-state index is 0.120. The van der Waals surface area contributed by atoms with Gasteiger partial charge < -0.3 is 4.98 Å². The van der Waals surface area contributed by atoms with Gasteiger partial charge >= 0.3 is 0 Å². The molecule has 0 spiro atoms. The zero-order valence-corrected chi connectivity index (χ0v) is 7.05. The molecule has 0 bridgehead atoms. The van der Waals surface area contributed by atoms with Crippen molar-refractivity contribution in [2.75, 3.05) is 0 Å². The molecule has 0 aliphatic rings. The summed E-state index contributed by atoms with van der Waals surface area (Å²) in [7, 11) is 0. The molecule has 1 rings (SSSR count). The van der Waals surface area contributed by atoms with E-state index < -0.39 is 0 Å². The van der Waals surface area contributed by atoms with Gasteiger partial charge in [-0.25, -0.2) is 0 Å². The summed E-state index contributed by atoms with van der Waals surface area (Å²) in [5.41, 5.74) is 2.19. The average molecular weight is 161 g/mol. The third-order valence-corrected chi connectivity index (χ3v) is 1.66. The molecular weight excluding hydrogens is 150 g/mol. The van der Waals surface area contributed by atoms with Crippen LogP contribution in [0, 0.1) is 0 Å². The van der Waals surface area contributed by atoms with Gasteiger partial charge in [0.05, 0.1) is 0 Å². The van der Waals surface area contributed by atoms with Crippen molar-refractivity contribution in [3.63, 3.8) is 0 Å². The molecule has 0 atom stereocenters. The van der Waals surface area contributed by atoms with Crippen LogP contribution in [0.15, 0.2) is 30.2 Å². The van der Waals surface area contributed by atoms with E-state index >= 15 is 0 Å². The molecule has 1 N–H and O–H groups in total. The fourth-order valence-corrected chi connectivity index (χ4v) is 1.07. The highest BCUT2D eigenvalue weighted by molar-refractivity contribution is 5.70. The Labute approximate surface area is 71.3 Å². The third-order valence-electron chi connectivity index (χ3n) is 1.66. The molecule has 0 unspecified atom stereocenters. The molecule has 1 heterocycles. The maximum absolute atomic E-state index is 11.2. The molecule has 12 heavy (non-hydrogen) atoms. The summed E-state index contributed by atoms with van der Waals surface area (Å²) >= 11 is 0. The standard InChI is InChI=1S/C10H11NO/c1-4-8-9(7(2)3)5-6-11-10(8)12/h4-6H,1-2H2,3H3,(H,11,12). The zero-order valence-electron chi connectivity index (χ0n) is 7.05. The van der Waals surface area contributed by atoms with Crippen LogP contribution in [0.5, 0.6) is 0 Å². The van der Waals surface area contributed by atoms with E-state index in [9.17, 15) is 4.79 Å². The summed E-state index contributed by atoms with van der Waals surface area (Å²) in [5, 5.41) is 0. The molecule has 0 radical (unpaired) electrons. The van der Waals surface area contributed by atoms with E-state index in [4.69, 9.17) is 0 Å². The molecule has 0 saturated heterocycles. The van der Waals surface area contributed by atoms with E-state index in [1.54, 1.807) is 12.3 Å². The van der Waals surface area contributed by atoms with Crippen molar-refractivity contribution >= 4 is 11.6 Å². The van der Waals surface area contributed by atoms with Crippen LogP contribution >= 0.6 is 0 Å². The molecule has 0 amide bonds.